The van der Waals surface area contributed by atoms with Gasteiger partial charge in [0.25, 0.3) is 10.0 Å². The molecule has 2 N–H and O–H groups in total. The summed E-state index contributed by atoms with van der Waals surface area (Å²) in [4.78, 5) is -0.623. The Morgan fingerprint density at radius 2 is 2.14 bits per heavy atom. The first-order chi connectivity index (χ1) is 9.74. The molecule has 0 aliphatic rings. The highest BCUT2D eigenvalue weighted by Gasteiger charge is 2.23. The first-order valence-electron chi connectivity index (χ1n) is 5.86. The molecule has 114 valence electrons. The van der Waals surface area contributed by atoms with Crippen molar-refractivity contribution in [2.75, 3.05) is 4.72 Å². The van der Waals surface area contributed by atoms with Gasteiger partial charge in [-0.25, -0.2) is 12.8 Å². The van der Waals surface area contributed by atoms with Gasteiger partial charge in [0.1, 0.15) is 10.7 Å². The van der Waals surface area contributed by atoms with Gasteiger partial charge in [0.15, 0.2) is 0 Å². The minimum absolute atomic E-state index is 0.0173. The van der Waals surface area contributed by atoms with E-state index in [1.54, 1.807) is 14.0 Å². The number of aliphatic hydroxyl groups excluding tert-OH is 1. The molecule has 6 nitrogen and oxygen atoms in total. The monoisotopic (exact) mass is 333 g/mol. The Morgan fingerprint density at radius 3 is 2.67 bits per heavy atom. The van der Waals surface area contributed by atoms with Crippen molar-refractivity contribution in [1.82, 2.24) is 9.78 Å². The SMILES string of the molecule is Cc1nn(C)cc1NS(=O)(=O)c1cc(Cl)cc(CO)c1F. The van der Waals surface area contributed by atoms with E-state index in [2.05, 4.69) is 9.82 Å². The molecule has 0 saturated heterocycles. The normalized spacial score (nSPS) is 11.7. The summed E-state index contributed by atoms with van der Waals surface area (Å²) >= 11 is 5.76. The molecule has 0 fully saturated rings. The van der Waals surface area contributed by atoms with Crippen molar-refractivity contribution in [3.8, 4) is 0 Å². The van der Waals surface area contributed by atoms with Gasteiger partial charge in [0.2, 0.25) is 0 Å². The molecule has 0 saturated carbocycles. The average Bonchev–Trinajstić information content (AvgIpc) is 2.69. The summed E-state index contributed by atoms with van der Waals surface area (Å²) in [5.74, 6) is -1.03. The molecule has 0 atom stereocenters. The number of benzene rings is 1. The number of anilines is 1. The minimum atomic E-state index is -4.18. The summed E-state index contributed by atoms with van der Waals surface area (Å²) in [5, 5.41) is 13.1. The zero-order valence-corrected chi connectivity index (χ0v) is 12.8. The number of aromatic nitrogens is 2. The van der Waals surface area contributed by atoms with Gasteiger partial charge in [0, 0.05) is 23.8 Å². The summed E-state index contributed by atoms with van der Waals surface area (Å²) < 4.78 is 42.3. The second kappa shape index (κ2) is 5.63. The van der Waals surface area contributed by atoms with E-state index >= 15 is 0 Å². The van der Waals surface area contributed by atoms with E-state index in [4.69, 9.17) is 16.7 Å². The van der Waals surface area contributed by atoms with Crippen LogP contribution < -0.4 is 4.72 Å². The number of hydrogen-bond donors (Lipinski definition) is 2. The topological polar surface area (TPSA) is 84.2 Å². The van der Waals surface area contributed by atoms with Crippen molar-refractivity contribution < 1.29 is 17.9 Å². The van der Waals surface area contributed by atoms with E-state index in [9.17, 15) is 12.8 Å². The van der Waals surface area contributed by atoms with E-state index < -0.39 is 27.3 Å². The van der Waals surface area contributed by atoms with E-state index in [0.29, 0.717) is 5.69 Å². The highest BCUT2D eigenvalue weighted by atomic mass is 35.5. The third-order valence-corrected chi connectivity index (χ3v) is 4.38. The summed E-state index contributed by atoms with van der Waals surface area (Å²) in [6.07, 6.45) is 1.46. The van der Waals surface area contributed by atoms with Gasteiger partial charge in [-0.3, -0.25) is 9.40 Å². The third-order valence-electron chi connectivity index (χ3n) is 2.80. The van der Waals surface area contributed by atoms with Crippen molar-refractivity contribution in [3.63, 3.8) is 0 Å². The molecule has 2 rings (SSSR count). The maximum atomic E-state index is 14.1. The zero-order chi connectivity index (χ0) is 15.8. The predicted octanol–water partition coefficient (Wildman–Crippen LogP) is 1.81. The predicted molar refractivity (Wildman–Crippen MR) is 76.1 cm³/mol. The van der Waals surface area contributed by atoms with Gasteiger partial charge in [0.05, 0.1) is 18.0 Å². The number of rotatable bonds is 4. The van der Waals surface area contributed by atoms with E-state index in [-0.39, 0.29) is 16.3 Å². The van der Waals surface area contributed by atoms with Crippen molar-refractivity contribution in [2.24, 2.45) is 7.05 Å². The first kappa shape index (κ1) is 15.7. The second-order valence-corrected chi connectivity index (χ2v) is 6.53. The van der Waals surface area contributed by atoms with Crippen LogP contribution in [0.1, 0.15) is 11.3 Å². The van der Waals surface area contributed by atoms with Crippen LogP contribution in [0.3, 0.4) is 0 Å². The summed E-state index contributed by atoms with van der Waals surface area (Å²) in [6.45, 7) is 0.964. The van der Waals surface area contributed by atoms with E-state index in [1.807, 2.05) is 0 Å². The van der Waals surface area contributed by atoms with Crippen LogP contribution >= 0.6 is 11.6 Å². The fourth-order valence-electron chi connectivity index (χ4n) is 1.83. The molecule has 0 aliphatic carbocycles. The van der Waals surface area contributed by atoms with Crippen molar-refractivity contribution in [1.29, 1.82) is 0 Å². The van der Waals surface area contributed by atoms with Crippen LogP contribution in [0.4, 0.5) is 10.1 Å². The molecule has 0 unspecified atom stereocenters. The Balaban J connectivity index is 2.49. The number of aryl methyl sites for hydroxylation is 2. The van der Waals surface area contributed by atoms with Gasteiger partial charge >= 0.3 is 0 Å². The molecule has 0 bridgehead atoms. The highest BCUT2D eigenvalue weighted by molar-refractivity contribution is 7.92. The lowest BCUT2D eigenvalue weighted by molar-refractivity contribution is 0.274. The van der Waals surface area contributed by atoms with Gasteiger partial charge in [-0.1, -0.05) is 11.6 Å². The Hall–Kier alpha value is -1.64. The highest BCUT2D eigenvalue weighted by Crippen LogP contribution is 2.26. The lowest BCUT2D eigenvalue weighted by Gasteiger charge is -2.10. The van der Waals surface area contributed by atoms with Crippen LogP contribution in [0.2, 0.25) is 5.02 Å². The Bertz CT molecular complexity index is 789. The first-order valence-corrected chi connectivity index (χ1v) is 7.72. The molecule has 2 aromatic rings. The summed E-state index contributed by atoms with van der Waals surface area (Å²) in [7, 11) is -2.55. The van der Waals surface area contributed by atoms with E-state index in [0.717, 1.165) is 6.07 Å². The van der Waals surface area contributed by atoms with Crippen molar-refractivity contribution >= 4 is 27.3 Å². The van der Waals surface area contributed by atoms with Crippen LogP contribution in [-0.4, -0.2) is 23.3 Å². The Morgan fingerprint density at radius 1 is 1.48 bits per heavy atom. The zero-order valence-electron chi connectivity index (χ0n) is 11.3. The molecule has 0 amide bonds. The van der Waals surface area contributed by atoms with Crippen LogP contribution in [0.5, 0.6) is 0 Å². The van der Waals surface area contributed by atoms with Gasteiger partial charge in [-0.15, -0.1) is 0 Å². The molecule has 21 heavy (non-hydrogen) atoms. The van der Waals surface area contributed by atoms with Gasteiger partial charge < -0.3 is 5.11 Å². The number of aliphatic hydroxyl groups is 1. The van der Waals surface area contributed by atoms with E-state index in [1.165, 1.54) is 16.9 Å². The maximum absolute atomic E-state index is 14.1. The standard InChI is InChI=1S/C12H13ClFN3O3S/c1-7-10(5-17(2)15-7)16-21(19,20)11-4-9(13)3-8(6-18)12(11)14/h3-5,16,18H,6H2,1-2H3. The molecule has 0 spiro atoms. The van der Waals surface area contributed by atoms with Crippen LogP contribution in [0.25, 0.3) is 0 Å². The number of halogens is 2. The molecule has 0 radical (unpaired) electrons. The smallest absolute Gasteiger partial charge is 0.264 e. The van der Waals surface area contributed by atoms with Crippen LogP contribution in [-0.2, 0) is 23.7 Å². The number of hydrogen-bond acceptors (Lipinski definition) is 4. The largest absolute Gasteiger partial charge is 0.392 e. The Labute approximate surface area is 126 Å². The fourth-order valence-corrected chi connectivity index (χ4v) is 3.38. The molecule has 1 aromatic carbocycles. The summed E-state index contributed by atoms with van der Waals surface area (Å²) in [6, 6.07) is 2.16. The van der Waals surface area contributed by atoms with Gasteiger partial charge in [-0.05, 0) is 19.1 Å². The lowest BCUT2D eigenvalue weighted by atomic mass is 10.2. The summed E-state index contributed by atoms with van der Waals surface area (Å²) in [5.41, 5.74) is 0.499. The quantitative estimate of drug-likeness (QED) is 0.893. The lowest BCUT2D eigenvalue weighted by Crippen LogP contribution is -2.16. The minimum Gasteiger partial charge on any atom is -0.392 e. The van der Waals surface area contributed by atoms with Gasteiger partial charge in [-0.2, -0.15) is 5.10 Å². The molecule has 1 heterocycles. The molecule has 9 heteroatoms. The van der Waals surface area contributed by atoms with Crippen LogP contribution in [0, 0.1) is 12.7 Å². The second-order valence-electron chi connectivity index (χ2n) is 4.44. The maximum Gasteiger partial charge on any atom is 0.264 e. The molecular weight excluding hydrogens is 321 g/mol. The molecular formula is C12H13ClFN3O3S. The molecule has 0 aliphatic heterocycles. The number of nitrogens with one attached hydrogen (secondary N) is 1. The molecule has 1 aromatic heterocycles. The number of sulfonamides is 1. The van der Waals surface area contributed by atoms with Crippen LogP contribution in [0.15, 0.2) is 23.2 Å². The third kappa shape index (κ3) is 3.17. The number of nitrogens with zero attached hydrogens (tertiary/aromatic N) is 2. The Kier molecular flexibility index (Phi) is 4.22. The fraction of sp³-hybridized carbons (Fsp3) is 0.250. The average molecular weight is 334 g/mol. The van der Waals surface area contributed by atoms with Crippen molar-refractivity contribution in [2.45, 2.75) is 18.4 Å². The van der Waals surface area contributed by atoms with Crippen molar-refractivity contribution in [3.05, 3.63) is 40.4 Å².